The first-order valence-electron chi connectivity index (χ1n) is 14.4. The van der Waals surface area contributed by atoms with Crippen LogP contribution in [0.25, 0.3) is 45.4 Å². The Bertz CT molecular complexity index is 2080. The second kappa shape index (κ2) is 18.6. The molecule has 0 aliphatic carbocycles. The molecule has 0 saturated heterocycles. The summed E-state index contributed by atoms with van der Waals surface area (Å²) in [6, 6.07) is 5.65. The molecule has 4 rings (SSSR count). The topological polar surface area (TPSA) is 171 Å². The van der Waals surface area contributed by atoms with Gasteiger partial charge >= 0.3 is 11.9 Å². The summed E-state index contributed by atoms with van der Waals surface area (Å²) in [6.07, 6.45) is 8.36. The summed E-state index contributed by atoms with van der Waals surface area (Å²) >= 11 is 13.1. The minimum Gasteiger partial charge on any atom is -0.492 e. The molecule has 13 nitrogen and oxygen atoms in total. The zero-order valence-corrected chi connectivity index (χ0v) is 30.4. The largest absolute Gasteiger partial charge is 0.492 e. The molecule has 0 aliphatic rings. The maximum atomic E-state index is 14.7. The van der Waals surface area contributed by atoms with Crippen LogP contribution in [0.3, 0.4) is 0 Å². The number of allylic oxidation sites excluding steroid dienone is 2. The Balaban J connectivity index is 0.000000276. The number of rotatable bonds is 10. The normalized spacial score (nSPS) is 10.7. The van der Waals surface area contributed by atoms with Crippen LogP contribution < -0.4 is 9.47 Å². The number of esters is 2. The fourth-order valence-corrected chi connectivity index (χ4v) is 5.36. The number of thioether (sulfide) groups is 1. The van der Waals surface area contributed by atoms with Gasteiger partial charge in [-0.05, 0) is 55.0 Å². The highest BCUT2D eigenvalue weighted by Gasteiger charge is 2.24. The lowest BCUT2D eigenvalue weighted by Gasteiger charge is -2.12. The molecule has 266 valence electrons. The van der Waals surface area contributed by atoms with Gasteiger partial charge in [-0.3, -0.25) is 0 Å². The highest BCUT2D eigenvalue weighted by atomic mass is 35.5. The van der Waals surface area contributed by atoms with Crippen molar-refractivity contribution in [3.05, 3.63) is 91.1 Å². The zero-order valence-electron chi connectivity index (χ0n) is 28.1. The third-order valence-electron chi connectivity index (χ3n) is 6.58. The lowest BCUT2D eigenvalue weighted by atomic mass is 10.1. The van der Waals surface area contributed by atoms with Crippen molar-refractivity contribution in [2.45, 2.75) is 18.9 Å². The van der Waals surface area contributed by atoms with Gasteiger partial charge in [0.2, 0.25) is 0 Å². The predicted octanol–water partition coefficient (Wildman–Crippen LogP) is 9.19. The van der Waals surface area contributed by atoms with Crippen molar-refractivity contribution in [2.24, 2.45) is 5.11 Å². The van der Waals surface area contributed by atoms with E-state index in [1.807, 2.05) is 6.92 Å². The summed E-state index contributed by atoms with van der Waals surface area (Å²) < 4.78 is 48.8. The lowest BCUT2D eigenvalue weighted by Crippen LogP contribution is -2.11. The van der Waals surface area contributed by atoms with Gasteiger partial charge in [0, 0.05) is 16.0 Å². The number of ether oxygens (including phenoxy) is 4. The Kier molecular flexibility index (Phi) is 14.7. The fraction of sp³-hybridized carbons (Fsp3) is 0.212. The SMILES string of the molecule is C/C=C\c1c(N=[N+]=[N-])nc(-c2ccc(Cl)c(OC)c2F)nc1C(=O)OC.C/C=C\c1c(SC)nc(-c2ccc(Cl)c(OC)c2F)nc1C(=O)OC. The number of hydrogen-bond donors (Lipinski definition) is 0. The molecular weight excluding hydrogens is 731 g/mol. The molecule has 0 N–H and O–H groups in total. The quantitative estimate of drug-likeness (QED) is 0.0377. The van der Waals surface area contributed by atoms with E-state index < -0.39 is 23.6 Å². The van der Waals surface area contributed by atoms with Crippen LogP contribution in [-0.2, 0) is 9.47 Å². The molecule has 0 spiro atoms. The molecule has 0 fully saturated rings. The number of carbonyl (C=O) groups is 2. The molecule has 0 radical (unpaired) electrons. The molecule has 18 heteroatoms. The van der Waals surface area contributed by atoms with Gasteiger partial charge in [-0.1, -0.05) is 47.5 Å². The molecule has 0 bridgehead atoms. The van der Waals surface area contributed by atoms with Crippen molar-refractivity contribution < 1.29 is 37.3 Å². The van der Waals surface area contributed by atoms with Crippen molar-refractivity contribution >= 4 is 64.9 Å². The highest BCUT2D eigenvalue weighted by molar-refractivity contribution is 7.98. The Morgan fingerprint density at radius 3 is 1.65 bits per heavy atom. The van der Waals surface area contributed by atoms with Crippen LogP contribution in [-0.4, -0.2) is 66.6 Å². The van der Waals surface area contributed by atoms with E-state index in [1.165, 1.54) is 70.5 Å². The molecule has 2 heterocycles. The van der Waals surface area contributed by atoms with E-state index in [-0.39, 0.29) is 67.1 Å². The van der Waals surface area contributed by atoms with Crippen LogP contribution in [0.2, 0.25) is 10.0 Å². The van der Waals surface area contributed by atoms with Gasteiger partial charge in [0.25, 0.3) is 0 Å². The molecule has 0 aliphatic heterocycles. The van der Waals surface area contributed by atoms with E-state index in [4.69, 9.17) is 47.7 Å². The summed E-state index contributed by atoms with van der Waals surface area (Å²) in [5.41, 5.74) is 9.33. The minimum atomic E-state index is -0.818. The van der Waals surface area contributed by atoms with Crippen LogP contribution in [0.1, 0.15) is 46.0 Å². The molecule has 0 unspecified atom stereocenters. The molecular formula is C33H29Cl2F2N7O6S. The van der Waals surface area contributed by atoms with Gasteiger partial charge in [0.1, 0.15) is 10.8 Å². The molecule has 0 atom stereocenters. The first-order chi connectivity index (χ1) is 24.5. The van der Waals surface area contributed by atoms with Crippen LogP contribution in [0.4, 0.5) is 14.6 Å². The Hall–Kier alpha value is -5.28. The van der Waals surface area contributed by atoms with Gasteiger partial charge in [-0.15, -0.1) is 11.8 Å². The lowest BCUT2D eigenvalue weighted by molar-refractivity contribution is 0.0584. The second-order valence-corrected chi connectivity index (χ2v) is 11.1. The summed E-state index contributed by atoms with van der Waals surface area (Å²) in [5, 5.41) is 4.18. The number of methoxy groups -OCH3 is 4. The van der Waals surface area contributed by atoms with E-state index in [1.54, 1.807) is 31.4 Å². The summed E-state index contributed by atoms with van der Waals surface area (Å²) in [5.74, 6) is -3.53. The molecule has 2 aromatic heterocycles. The van der Waals surface area contributed by atoms with E-state index >= 15 is 0 Å². The Labute approximate surface area is 305 Å². The van der Waals surface area contributed by atoms with Gasteiger partial charge < -0.3 is 18.9 Å². The zero-order chi connectivity index (χ0) is 37.8. The van der Waals surface area contributed by atoms with Crippen molar-refractivity contribution in [1.82, 2.24) is 19.9 Å². The summed E-state index contributed by atoms with van der Waals surface area (Å²) in [7, 11) is 5.00. The average molecular weight is 761 g/mol. The summed E-state index contributed by atoms with van der Waals surface area (Å²) in [6.45, 7) is 3.50. The number of hydrogen-bond acceptors (Lipinski definition) is 12. The molecule has 0 amide bonds. The van der Waals surface area contributed by atoms with Gasteiger partial charge in [-0.2, -0.15) is 0 Å². The molecule has 0 saturated carbocycles. The number of nitrogens with zero attached hydrogens (tertiary/aromatic N) is 7. The predicted molar refractivity (Wildman–Crippen MR) is 191 cm³/mol. The number of carbonyl (C=O) groups excluding carboxylic acids is 2. The first kappa shape index (κ1) is 40.2. The third kappa shape index (κ3) is 8.91. The van der Waals surface area contributed by atoms with Crippen molar-refractivity contribution in [1.29, 1.82) is 0 Å². The average Bonchev–Trinajstić information content (AvgIpc) is 3.12. The van der Waals surface area contributed by atoms with E-state index in [0.29, 0.717) is 10.6 Å². The van der Waals surface area contributed by atoms with Crippen molar-refractivity contribution in [3.8, 4) is 34.3 Å². The standard InChI is InChI=1S/C17H16ClFN2O3S.C16H13ClFN5O3/c1-5-6-10-13(17(22)24-3)20-15(21-16(10)25-4)9-7-8-11(18)14(23-2)12(9)19;1-4-5-9-12(16(24)26-3)20-14(21-15(9)22-23-19)8-6-7-10(17)13(25-2)11(8)18/h5-8H,1-4H3;4-7H,1-3H3/b6-5-;5-4-. The van der Waals surface area contributed by atoms with Crippen LogP contribution in [0.5, 0.6) is 11.5 Å². The summed E-state index contributed by atoms with van der Waals surface area (Å²) in [4.78, 5) is 43.7. The Morgan fingerprint density at radius 2 is 1.24 bits per heavy atom. The van der Waals surface area contributed by atoms with Crippen LogP contribution in [0.15, 0.2) is 46.6 Å². The smallest absolute Gasteiger partial charge is 0.357 e. The first-order valence-corrected chi connectivity index (χ1v) is 16.3. The molecule has 51 heavy (non-hydrogen) atoms. The number of halogens is 4. The maximum absolute atomic E-state index is 14.7. The monoisotopic (exact) mass is 759 g/mol. The van der Waals surface area contributed by atoms with Gasteiger partial charge in [0.15, 0.2) is 46.2 Å². The van der Waals surface area contributed by atoms with E-state index in [2.05, 4.69) is 30.0 Å². The molecule has 2 aromatic carbocycles. The van der Waals surface area contributed by atoms with Gasteiger partial charge in [-0.25, -0.2) is 38.3 Å². The number of benzene rings is 2. The Morgan fingerprint density at radius 1 is 0.784 bits per heavy atom. The van der Waals surface area contributed by atoms with Crippen LogP contribution >= 0.6 is 35.0 Å². The van der Waals surface area contributed by atoms with Crippen molar-refractivity contribution in [2.75, 3.05) is 34.7 Å². The maximum Gasteiger partial charge on any atom is 0.357 e. The van der Waals surface area contributed by atoms with Crippen molar-refractivity contribution in [3.63, 3.8) is 0 Å². The third-order valence-corrected chi connectivity index (χ3v) is 7.87. The molecule has 4 aromatic rings. The second-order valence-electron chi connectivity index (χ2n) is 9.51. The fourth-order valence-electron chi connectivity index (χ4n) is 4.35. The number of aromatic nitrogens is 4. The highest BCUT2D eigenvalue weighted by Crippen LogP contribution is 2.37. The van der Waals surface area contributed by atoms with Gasteiger partial charge in [0.05, 0.1) is 49.6 Å². The van der Waals surface area contributed by atoms with E-state index in [0.717, 1.165) is 0 Å². The van der Waals surface area contributed by atoms with Crippen LogP contribution in [0, 0.1) is 11.6 Å². The van der Waals surface area contributed by atoms with E-state index in [9.17, 15) is 18.4 Å². The number of azide groups is 1. The minimum absolute atomic E-state index is 0.0467.